The quantitative estimate of drug-likeness (QED) is 0.690. The van der Waals surface area contributed by atoms with E-state index in [1.165, 1.54) is 11.3 Å². The molecular weight excluding hydrogens is 424 g/mol. The number of aryl methyl sites for hydroxylation is 2. The molecule has 2 fully saturated rings. The second kappa shape index (κ2) is 9.19. The van der Waals surface area contributed by atoms with E-state index in [-0.39, 0.29) is 36.0 Å². The molecule has 2 aromatic rings. The third kappa shape index (κ3) is 4.52. The fraction of sp³-hybridized carbons (Fsp3) is 0.542. The molecule has 4 rings (SSSR count). The minimum absolute atomic E-state index is 0.0317. The molecule has 8 heteroatoms. The molecule has 172 valence electrons. The zero-order valence-corrected chi connectivity index (χ0v) is 20.1. The maximum absolute atomic E-state index is 13.1. The fourth-order valence-electron chi connectivity index (χ4n) is 5.18. The number of nitrogens with one attached hydrogen (secondary N) is 2. The molecule has 0 saturated carbocycles. The van der Waals surface area contributed by atoms with Gasteiger partial charge in [-0.05, 0) is 57.2 Å². The van der Waals surface area contributed by atoms with Crippen molar-refractivity contribution in [3.8, 4) is 5.75 Å². The van der Waals surface area contributed by atoms with Crippen molar-refractivity contribution in [2.75, 3.05) is 19.0 Å². The number of methoxy groups -OCH3 is 1. The number of anilines is 1. The molecule has 2 N–H and O–H groups in total. The van der Waals surface area contributed by atoms with Gasteiger partial charge in [0.2, 0.25) is 11.8 Å². The van der Waals surface area contributed by atoms with Crippen LogP contribution in [0, 0.1) is 6.92 Å². The highest BCUT2D eigenvalue weighted by Crippen LogP contribution is 2.45. The number of aromatic nitrogens is 1. The summed E-state index contributed by atoms with van der Waals surface area (Å²) in [6, 6.07) is 8.14. The number of rotatable bonds is 6. The van der Waals surface area contributed by atoms with Crippen LogP contribution in [0.2, 0.25) is 0 Å². The van der Waals surface area contributed by atoms with Gasteiger partial charge in [0, 0.05) is 23.4 Å². The lowest BCUT2D eigenvalue weighted by Crippen LogP contribution is -2.53. The normalized spacial score (nSPS) is 25.7. The molecule has 7 nitrogen and oxygen atoms in total. The number of nitrogens with zero attached hydrogens (tertiary/aromatic N) is 2. The Bertz CT molecular complexity index is 990. The standard InChI is InChI=1S/C24H32N4O3S/c1-5-18-15(2)32-23(25-18)26-22(30)14-28-19(16-9-11-17(31-4)12-10-16)13-24(3)20(28)7-6-8-21(29)27-24/h9-12,19-20H,5-8,13-14H2,1-4H3,(H,27,29)(H,25,26,30)/t19-,20-,24-/m0/s1. The van der Waals surface area contributed by atoms with Crippen molar-refractivity contribution >= 4 is 28.3 Å². The average molecular weight is 457 g/mol. The first-order valence-electron chi connectivity index (χ1n) is 11.3. The van der Waals surface area contributed by atoms with E-state index in [0.717, 1.165) is 47.6 Å². The van der Waals surface area contributed by atoms with E-state index in [1.807, 2.05) is 19.1 Å². The highest BCUT2D eigenvalue weighted by molar-refractivity contribution is 7.15. The zero-order valence-electron chi connectivity index (χ0n) is 19.2. The largest absolute Gasteiger partial charge is 0.497 e. The van der Waals surface area contributed by atoms with Gasteiger partial charge in [0.25, 0.3) is 0 Å². The third-order valence-electron chi connectivity index (χ3n) is 6.76. The second-order valence-electron chi connectivity index (χ2n) is 8.96. The van der Waals surface area contributed by atoms with Gasteiger partial charge < -0.3 is 15.4 Å². The third-order valence-corrected chi connectivity index (χ3v) is 7.69. The number of carbonyl (C=O) groups excluding carboxylic acids is 2. The molecule has 0 spiro atoms. The lowest BCUT2D eigenvalue weighted by atomic mass is 9.88. The van der Waals surface area contributed by atoms with Gasteiger partial charge in [-0.3, -0.25) is 14.5 Å². The predicted molar refractivity (Wildman–Crippen MR) is 126 cm³/mol. The van der Waals surface area contributed by atoms with Crippen molar-refractivity contribution < 1.29 is 14.3 Å². The number of fused-ring (bicyclic) bond motifs is 1. The van der Waals surface area contributed by atoms with Crippen molar-refractivity contribution in [1.29, 1.82) is 0 Å². The Balaban J connectivity index is 1.59. The van der Waals surface area contributed by atoms with E-state index in [0.29, 0.717) is 11.6 Å². The Morgan fingerprint density at radius 3 is 2.78 bits per heavy atom. The number of hydrogen-bond acceptors (Lipinski definition) is 6. The lowest BCUT2D eigenvalue weighted by molar-refractivity contribution is -0.122. The smallest absolute Gasteiger partial charge is 0.240 e. The average Bonchev–Trinajstić information content (AvgIpc) is 3.19. The van der Waals surface area contributed by atoms with Crippen LogP contribution in [-0.4, -0.2) is 46.9 Å². The van der Waals surface area contributed by atoms with E-state index in [2.05, 4.69) is 46.5 Å². The topological polar surface area (TPSA) is 83.6 Å². The predicted octanol–water partition coefficient (Wildman–Crippen LogP) is 3.84. The molecule has 2 amide bonds. The van der Waals surface area contributed by atoms with E-state index in [4.69, 9.17) is 4.74 Å². The number of hydrogen-bond donors (Lipinski definition) is 2. The SMILES string of the molecule is CCc1nc(NC(=O)CN2[C@H]3CCCC(=O)N[C@@]3(C)C[C@H]2c2ccc(OC)cc2)sc1C. The summed E-state index contributed by atoms with van der Waals surface area (Å²) in [5, 5.41) is 6.92. The maximum Gasteiger partial charge on any atom is 0.240 e. The summed E-state index contributed by atoms with van der Waals surface area (Å²) in [7, 11) is 1.65. The molecule has 0 bridgehead atoms. The number of amides is 2. The van der Waals surface area contributed by atoms with Crippen LogP contribution in [0.3, 0.4) is 0 Å². The summed E-state index contributed by atoms with van der Waals surface area (Å²) in [6.45, 7) is 6.48. The van der Waals surface area contributed by atoms with Gasteiger partial charge in [0.15, 0.2) is 5.13 Å². The first-order valence-corrected chi connectivity index (χ1v) is 12.1. The summed E-state index contributed by atoms with van der Waals surface area (Å²) >= 11 is 1.52. The molecule has 0 aliphatic carbocycles. The molecule has 3 atom stereocenters. The first-order chi connectivity index (χ1) is 15.3. The summed E-state index contributed by atoms with van der Waals surface area (Å²) in [5.74, 6) is 0.829. The molecule has 2 aliphatic heterocycles. The summed E-state index contributed by atoms with van der Waals surface area (Å²) in [4.78, 5) is 33.4. The summed E-state index contributed by atoms with van der Waals surface area (Å²) in [6.07, 6.45) is 3.86. The van der Waals surface area contributed by atoms with E-state index < -0.39 is 0 Å². The minimum Gasteiger partial charge on any atom is -0.497 e. The van der Waals surface area contributed by atoms with Crippen molar-refractivity contribution in [2.24, 2.45) is 0 Å². The Morgan fingerprint density at radius 1 is 1.38 bits per heavy atom. The van der Waals surface area contributed by atoms with Crippen molar-refractivity contribution in [3.63, 3.8) is 0 Å². The van der Waals surface area contributed by atoms with Crippen LogP contribution >= 0.6 is 11.3 Å². The monoisotopic (exact) mass is 456 g/mol. The van der Waals surface area contributed by atoms with Crippen molar-refractivity contribution in [2.45, 2.75) is 70.5 Å². The van der Waals surface area contributed by atoms with Gasteiger partial charge in [-0.2, -0.15) is 0 Å². The van der Waals surface area contributed by atoms with Gasteiger partial charge in [0.05, 0.1) is 24.9 Å². The number of ether oxygens (including phenoxy) is 1. The maximum atomic E-state index is 13.1. The molecular formula is C24H32N4O3S. The molecule has 0 radical (unpaired) electrons. The van der Waals surface area contributed by atoms with Gasteiger partial charge in [-0.25, -0.2) is 4.98 Å². The fourth-order valence-corrected chi connectivity index (χ4v) is 6.10. The molecule has 3 heterocycles. The van der Waals surface area contributed by atoms with Crippen molar-refractivity contribution in [3.05, 3.63) is 40.4 Å². The van der Waals surface area contributed by atoms with Crippen LogP contribution in [-0.2, 0) is 16.0 Å². The first kappa shape index (κ1) is 22.7. The Kier molecular flexibility index (Phi) is 6.53. The summed E-state index contributed by atoms with van der Waals surface area (Å²) in [5.41, 5.74) is 1.79. The van der Waals surface area contributed by atoms with Crippen LogP contribution < -0.4 is 15.4 Å². The molecule has 1 aromatic carbocycles. The van der Waals surface area contributed by atoms with Crippen LogP contribution in [0.15, 0.2) is 24.3 Å². The van der Waals surface area contributed by atoms with Crippen LogP contribution in [0.5, 0.6) is 5.75 Å². The number of benzene rings is 1. The van der Waals surface area contributed by atoms with E-state index in [1.54, 1.807) is 7.11 Å². The number of carbonyl (C=O) groups is 2. The van der Waals surface area contributed by atoms with Crippen LogP contribution in [0.25, 0.3) is 0 Å². The Labute approximate surface area is 193 Å². The Hall–Kier alpha value is -2.45. The molecule has 1 aromatic heterocycles. The second-order valence-corrected chi connectivity index (χ2v) is 10.2. The van der Waals surface area contributed by atoms with Crippen molar-refractivity contribution in [1.82, 2.24) is 15.2 Å². The lowest BCUT2D eigenvalue weighted by Gasteiger charge is -2.34. The number of likely N-dealkylation sites (tertiary alicyclic amines) is 1. The van der Waals surface area contributed by atoms with Gasteiger partial charge in [-0.1, -0.05) is 19.1 Å². The van der Waals surface area contributed by atoms with Crippen LogP contribution in [0.1, 0.15) is 61.7 Å². The van der Waals surface area contributed by atoms with Crippen LogP contribution in [0.4, 0.5) is 5.13 Å². The van der Waals surface area contributed by atoms with Gasteiger partial charge in [0.1, 0.15) is 5.75 Å². The molecule has 32 heavy (non-hydrogen) atoms. The van der Waals surface area contributed by atoms with E-state index in [9.17, 15) is 9.59 Å². The molecule has 2 saturated heterocycles. The van der Waals surface area contributed by atoms with E-state index >= 15 is 0 Å². The van der Waals surface area contributed by atoms with Gasteiger partial charge in [-0.15, -0.1) is 11.3 Å². The zero-order chi connectivity index (χ0) is 22.9. The number of thiazole rings is 1. The Morgan fingerprint density at radius 2 is 2.12 bits per heavy atom. The summed E-state index contributed by atoms with van der Waals surface area (Å²) < 4.78 is 5.31. The van der Waals surface area contributed by atoms with Gasteiger partial charge >= 0.3 is 0 Å². The highest BCUT2D eigenvalue weighted by Gasteiger charge is 2.51. The minimum atomic E-state index is -0.369. The molecule has 0 unspecified atom stereocenters. The highest BCUT2D eigenvalue weighted by atomic mass is 32.1. The molecule has 2 aliphatic rings.